The Balaban J connectivity index is 2.14. The van der Waals surface area contributed by atoms with Crippen LogP contribution >= 0.6 is 11.3 Å². The minimum Gasteiger partial charge on any atom is -0.298 e. The fraction of sp³-hybridized carbons (Fsp3) is 0.0714. The maximum Gasteiger partial charge on any atom is 0.151 e. The third kappa shape index (κ3) is 2.67. The molecule has 0 bridgehead atoms. The molecule has 0 N–H and O–H groups in total. The second-order valence-corrected chi connectivity index (χ2v) is 4.39. The zero-order chi connectivity index (χ0) is 11.2. The predicted octanol–water partition coefficient (Wildman–Crippen LogP) is 3.57. The fourth-order valence-electron chi connectivity index (χ4n) is 1.49. The van der Waals surface area contributed by atoms with Crippen LogP contribution in [-0.4, -0.2) is 6.29 Å². The summed E-state index contributed by atoms with van der Waals surface area (Å²) < 4.78 is 0. The molecule has 0 aliphatic carbocycles. The zero-order valence-electron chi connectivity index (χ0n) is 8.80. The van der Waals surface area contributed by atoms with E-state index in [1.165, 1.54) is 5.56 Å². The SMILES string of the molecule is O=CC(=CCc1ccccc1)c1cccs1. The van der Waals surface area contributed by atoms with Gasteiger partial charge in [0.15, 0.2) is 6.29 Å². The molecule has 0 fully saturated rings. The molecule has 0 unspecified atom stereocenters. The van der Waals surface area contributed by atoms with Crippen LogP contribution in [0.3, 0.4) is 0 Å². The summed E-state index contributed by atoms with van der Waals surface area (Å²) in [6, 6.07) is 14.1. The van der Waals surface area contributed by atoms with E-state index < -0.39 is 0 Å². The summed E-state index contributed by atoms with van der Waals surface area (Å²) in [5, 5.41) is 1.98. The molecule has 2 heteroatoms. The molecule has 0 atom stereocenters. The van der Waals surface area contributed by atoms with Crippen LogP contribution in [0, 0.1) is 0 Å². The molecule has 1 aromatic heterocycles. The number of allylic oxidation sites excluding steroid dienone is 2. The highest BCUT2D eigenvalue weighted by Crippen LogP contribution is 2.18. The number of benzene rings is 1. The van der Waals surface area contributed by atoms with Gasteiger partial charge in [0.1, 0.15) is 0 Å². The minimum absolute atomic E-state index is 0.777. The average molecular weight is 228 g/mol. The molecule has 0 radical (unpaired) electrons. The van der Waals surface area contributed by atoms with Crippen molar-refractivity contribution >= 4 is 23.2 Å². The minimum atomic E-state index is 0.777. The predicted molar refractivity (Wildman–Crippen MR) is 68.5 cm³/mol. The largest absolute Gasteiger partial charge is 0.298 e. The Bertz CT molecular complexity index is 469. The Kier molecular flexibility index (Phi) is 3.67. The topological polar surface area (TPSA) is 17.1 Å². The molecular formula is C14H12OS. The van der Waals surface area contributed by atoms with E-state index >= 15 is 0 Å². The van der Waals surface area contributed by atoms with Crippen molar-refractivity contribution in [3.8, 4) is 0 Å². The Morgan fingerprint density at radius 1 is 1.12 bits per heavy atom. The highest BCUT2D eigenvalue weighted by molar-refractivity contribution is 7.11. The quantitative estimate of drug-likeness (QED) is 0.577. The van der Waals surface area contributed by atoms with Crippen LogP contribution in [0.5, 0.6) is 0 Å². The van der Waals surface area contributed by atoms with Crippen molar-refractivity contribution in [2.24, 2.45) is 0 Å². The van der Waals surface area contributed by atoms with Crippen LogP contribution in [0.2, 0.25) is 0 Å². The van der Waals surface area contributed by atoms with Gasteiger partial charge in [0, 0.05) is 10.5 Å². The van der Waals surface area contributed by atoms with E-state index in [2.05, 4.69) is 12.1 Å². The Morgan fingerprint density at radius 2 is 1.94 bits per heavy atom. The molecule has 1 heterocycles. The Morgan fingerprint density at radius 3 is 2.56 bits per heavy atom. The van der Waals surface area contributed by atoms with E-state index in [1.54, 1.807) is 11.3 Å². The number of thiophene rings is 1. The highest BCUT2D eigenvalue weighted by atomic mass is 32.1. The molecular weight excluding hydrogens is 216 g/mol. The van der Waals surface area contributed by atoms with E-state index in [0.717, 1.165) is 23.2 Å². The van der Waals surface area contributed by atoms with Crippen molar-refractivity contribution in [2.45, 2.75) is 6.42 Å². The van der Waals surface area contributed by atoms with E-state index in [-0.39, 0.29) is 0 Å². The Labute approximate surface area is 99.1 Å². The van der Waals surface area contributed by atoms with Crippen LogP contribution in [0.4, 0.5) is 0 Å². The van der Waals surface area contributed by atoms with E-state index in [9.17, 15) is 4.79 Å². The van der Waals surface area contributed by atoms with Gasteiger partial charge in [-0.1, -0.05) is 42.5 Å². The van der Waals surface area contributed by atoms with Gasteiger partial charge in [-0.3, -0.25) is 4.79 Å². The number of rotatable bonds is 4. The lowest BCUT2D eigenvalue weighted by atomic mass is 10.1. The number of carbonyl (C=O) groups excluding carboxylic acids is 1. The summed E-state index contributed by atoms with van der Waals surface area (Å²) >= 11 is 1.59. The van der Waals surface area contributed by atoms with Crippen LogP contribution < -0.4 is 0 Å². The molecule has 0 saturated heterocycles. The molecule has 80 valence electrons. The van der Waals surface area contributed by atoms with E-state index in [0.29, 0.717) is 0 Å². The number of aldehydes is 1. The smallest absolute Gasteiger partial charge is 0.151 e. The van der Waals surface area contributed by atoms with Gasteiger partial charge < -0.3 is 0 Å². The monoisotopic (exact) mass is 228 g/mol. The lowest BCUT2D eigenvalue weighted by Crippen LogP contribution is -1.85. The first kappa shape index (κ1) is 10.8. The van der Waals surface area contributed by atoms with Gasteiger partial charge in [-0.2, -0.15) is 0 Å². The van der Waals surface area contributed by atoms with Gasteiger partial charge in [0.2, 0.25) is 0 Å². The van der Waals surface area contributed by atoms with Crippen LogP contribution in [0.25, 0.3) is 5.57 Å². The van der Waals surface area contributed by atoms with E-state index in [4.69, 9.17) is 0 Å². The first-order valence-electron chi connectivity index (χ1n) is 5.13. The molecule has 0 aliphatic rings. The molecule has 0 aliphatic heterocycles. The summed E-state index contributed by atoms with van der Waals surface area (Å²) in [6.07, 6.45) is 3.70. The molecule has 2 rings (SSSR count). The van der Waals surface area contributed by atoms with Crippen LogP contribution in [0.15, 0.2) is 53.9 Å². The highest BCUT2D eigenvalue weighted by Gasteiger charge is 2.00. The van der Waals surface area contributed by atoms with Gasteiger partial charge >= 0.3 is 0 Å². The fourth-order valence-corrected chi connectivity index (χ4v) is 2.22. The van der Waals surface area contributed by atoms with Gasteiger partial charge in [0.25, 0.3) is 0 Å². The molecule has 16 heavy (non-hydrogen) atoms. The van der Waals surface area contributed by atoms with Crippen molar-refractivity contribution in [2.75, 3.05) is 0 Å². The maximum absolute atomic E-state index is 11.0. The lowest BCUT2D eigenvalue weighted by Gasteiger charge is -1.97. The molecule has 0 amide bonds. The number of hydrogen-bond donors (Lipinski definition) is 0. The number of hydrogen-bond acceptors (Lipinski definition) is 2. The van der Waals surface area contributed by atoms with Crippen molar-refractivity contribution in [1.29, 1.82) is 0 Å². The standard InChI is InChI=1S/C14H12OS/c15-11-13(14-7-4-10-16-14)9-8-12-5-2-1-3-6-12/h1-7,9-11H,8H2. The molecule has 2 aromatic rings. The molecule has 1 nitrogen and oxygen atoms in total. The number of carbonyl (C=O) groups is 1. The maximum atomic E-state index is 11.0. The summed E-state index contributed by atoms with van der Waals surface area (Å²) in [7, 11) is 0. The van der Waals surface area contributed by atoms with Crippen molar-refractivity contribution in [1.82, 2.24) is 0 Å². The van der Waals surface area contributed by atoms with E-state index in [1.807, 2.05) is 41.8 Å². The van der Waals surface area contributed by atoms with Crippen molar-refractivity contribution in [3.05, 3.63) is 64.4 Å². The third-order valence-electron chi connectivity index (χ3n) is 2.33. The van der Waals surface area contributed by atoms with Gasteiger partial charge in [0.05, 0.1) is 0 Å². The van der Waals surface area contributed by atoms with Gasteiger partial charge in [-0.05, 0) is 23.4 Å². The van der Waals surface area contributed by atoms with Gasteiger partial charge in [-0.15, -0.1) is 11.3 Å². The summed E-state index contributed by atoms with van der Waals surface area (Å²) in [5.74, 6) is 0. The molecule has 0 spiro atoms. The third-order valence-corrected chi connectivity index (χ3v) is 3.25. The molecule has 0 saturated carbocycles. The second-order valence-electron chi connectivity index (χ2n) is 3.44. The average Bonchev–Trinajstić information content (AvgIpc) is 2.85. The lowest BCUT2D eigenvalue weighted by molar-refractivity contribution is -0.103. The van der Waals surface area contributed by atoms with Crippen LogP contribution in [0.1, 0.15) is 10.4 Å². The second kappa shape index (κ2) is 5.42. The summed E-state index contributed by atoms with van der Waals surface area (Å²) in [5.41, 5.74) is 2.00. The first-order valence-corrected chi connectivity index (χ1v) is 6.01. The van der Waals surface area contributed by atoms with Crippen molar-refractivity contribution in [3.63, 3.8) is 0 Å². The van der Waals surface area contributed by atoms with Crippen LogP contribution in [-0.2, 0) is 11.2 Å². The summed E-state index contributed by atoms with van der Waals surface area (Å²) in [4.78, 5) is 12.0. The molecule has 1 aromatic carbocycles. The zero-order valence-corrected chi connectivity index (χ0v) is 9.61. The summed E-state index contributed by atoms with van der Waals surface area (Å²) in [6.45, 7) is 0. The first-order chi connectivity index (χ1) is 7.90. The normalized spacial score (nSPS) is 11.4. The van der Waals surface area contributed by atoms with Crippen molar-refractivity contribution < 1.29 is 4.79 Å². The van der Waals surface area contributed by atoms with Gasteiger partial charge in [-0.25, -0.2) is 0 Å². The Hall–Kier alpha value is -1.67.